The topological polar surface area (TPSA) is 66.9 Å². The number of nitrogens with zero attached hydrogens (tertiary/aromatic N) is 2. The van der Waals surface area contributed by atoms with E-state index in [1.165, 1.54) is 11.1 Å². The van der Waals surface area contributed by atoms with Gasteiger partial charge in [0.15, 0.2) is 0 Å². The second-order valence-corrected chi connectivity index (χ2v) is 6.27. The van der Waals surface area contributed by atoms with Crippen LogP contribution in [0.1, 0.15) is 32.9 Å². The average molecular weight is 346 g/mol. The molecule has 5 heteroatoms. The lowest BCUT2D eigenvalue weighted by Crippen LogP contribution is -2.16. The van der Waals surface area contributed by atoms with Crippen LogP contribution in [0.3, 0.4) is 0 Å². The lowest BCUT2D eigenvalue weighted by molar-refractivity contribution is 0.102. The van der Waals surface area contributed by atoms with Crippen LogP contribution in [0.15, 0.2) is 54.6 Å². The Labute approximate surface area is 153 Å². The summed E-state index contributed by atoms with van der Waals surface area (Å²) in [6.45, 7) is 6.48. The second kappa shape index (κ2) is 7.78. The third-order valence-electron chi connectivity index (χ3n) is 4.18. The number of amides is 1. The van der Waals surface area contributed by atoms with Crippen molar-refractivity contribution < 1.29 is 4.79 Å². The zero-order valence-corrected chi connectivity index (χ0v) is 15.2. The number of hydrogen-bond donors (Lipinski definition) is 2. The van der Waals surface area contributed by atoms with Crippen LogP contribution in [0.5, 0.6) is 0 Å². The Hall–Kier alpha value is -3.21. The molecule has 3 rings (SSSR count). The van der Waals surface area contributed by atoms with E-state index >= 15 is 0 Å². The number of nitrogens with one attached hydrogen (secondary N) is 2. The number of carbonyl (C=O) groups excluding carboxylic acids is 1. The molecule has 1 heterocycles. The number of aryl methyl sites for hydroxylation is 3. The number of rotatable bonds is 5. The highest BCUT2D eigenvalue weighted by Gasteiger charge is 2.12. The summed E-state index contributed by atoms with van der Waals surface area (Å²) in [6.07, 6.45) is 0. The minimum Gasteiger partial charge on any atom is -0.350 e. The molecule has 1 amide bonds. The largest absolute Gasteiger partial charge is 0.350 e. The van der Waals surface area contributed by atoms with Gasteiger partial charge in [0.2, 0.25) is 5.95 Å². The number of benzene rings is 2. The first-order valence-electron chi connectivity index (χ1n) is 8.54. The molecule has 5 nitrogen and oxygen atoms in total. The molecule has 2 aromatic carbocycles. The van der Waals surface area contributed by atoms with Gasteiger partial charge in [0.1, 0.15) is 5.69 Å². The van der Waals surface area contributed by atoms with Gasteiger partial charge in [-0.25, -0.2) is 9.97 Å². The molecular formula is C21H22N4O. The van der Waals surface area contributed by atoms with Gasteiger partial charge in [0.25, 0.3) is 5.91 Å². The first kappa shape index (κ1) is 17.6. The predicted molar refractivity (Wildman–Crippen MR) is 104 cm³/mol. The summed E-state index contributed by atoms with van der Waals surface area (Å²) >= 11 is 0. The van der Waals surface area contributed by atoms with Crippen molar-refractivity contribution in [1.82, 2.24) is 9.97 Å². The molecule has 3 aromatic rings. The summed E-state index contributed by atoms with van der Waals surface area (Å²) in [5, 5.41) is 6.12. The van der Waals surface area contributed by atoms with Gasteiger partial charge in [-0.05, 0) is 49.6 Å². The summed E-state index contributed by atoms with van der Waals surface area (Å²) < 4.78 is 0. The van der Waals surface area contributed by atoms with Crippen LogP contribution in [0.25, 0.3) is 0 Å². The van der Waals surface area contributed by atoms with E-state index in [0.29, 0.717) is 18.2 Å². The monoisotopic (exact) mass is 346 g/mol. The average Bonchev–Trinajstić information content (AvgIpc) is 2.62. The Morgan fingerprint density at radius 2 is 1.62 bits per heavy atom. The molecule has 26 heavy (non-hydrogen) atoms. The van der Waals surface area contributed by atoms with Crippen molar-refractivity contribution in [2.45, 2.75) is 27.3 Å². The molecule has 132 valence electrons. The Kier molecular flexibility index (Phi) is 5.27. The first-order chi connectivity index (χ1) is 12.5. The van der Waals surface area contributed by atoms with E-state index in [1.54, 1.807) is 6.07 Å². The third kappa shape index (κ3) is 4.25. The second-order valence-electron chi connectivity index (χ2n) is 6.27. The highest BCUT2D eigenvalue weighted by molar-refractivity contribution is 6.03. The van der Waals surface area contributed by atoms with Crippen LogP contribution >= 0.6 is 0 Å². The molecule has 0 bridgehead atoms. The molecule has 0 aliphatic rings. The SMILES string of the molecule is Cc1cc(C(=O)Nc2ccccc2C)nc(NCc2ccccc2C)n1. The third-order valence-corrected chi connectivity index (χ3v) is 4.18. The highest BCUT2D eigenvalue weighted by atomic mass is 16.1. The van der Waals surface area contributed by atoms with Crippen molar-refractivity contribution in [3.05, 3.63) is 82.7 Å². The van der Waals surface area contributed by atoms with Crippen LogP contribution in [0.4, 0.5) is 11.6 Å². The Morgan fingerprint density at radius 1 is 0.923 bits per heavy atom. The molecule has 0 saturated heterocycles. The number of anilines is 2. The summed E-state index contributed by atoms with van der Waals surface area (Å²) in [5.41, 5.74) is 5.23. The maximum atomic E-state index is 12.6. The summed E-state index contributed by atoms with van der Waals surface area (Å²) in [7, 11) is 0. The molecule has 0 fully saturated rings. The minimum absolute atomic E-state index is 0.247. The number of para-hydroxylation sites is 1. The maximum absolute atomic E-state index is 12.6. The Morgan fingerprint density at radius 3 is 2.35 bits per heavy atom. The Balaban J connectivity index is 1.76. The van der Waals surface area contributed by atoms with Gasteiger partial charge >= 0.3 is 0 Å². The van der Waals surface area contributed by atoms with E-state index in [4.69, 9.17) is 0 Å². The van der Waals surface area contributed by atoms with Gasteiger partial charge in [0.05, 0.1) is 0 Å². The molecule has 0 spiro atoms. The summed E-state index contributed by atoms with van der Waals surface area (Å²) in [5.74, 6) is 0.201. The maximum Gasteiger partial charge on any atom is 0.274 e. The van der Waals surface area contributed by atoms with E-state index in [9.17, 15) is 4.79 Å². The predicted octanol–water partition coefficient (Wildman–Crippen LogP) is 4.27. The molecule has 0 unspecified atom stereocenters. The molecule has 0 aliphatic carbocycles. The van der Waals surface area contributed by atoms with Crippen LogP contribution in [0, 0.1) is 20.8 Å². The normalized spacial score (nSPS) is 10.4. The fraction of sp³-hybridized carbons (Fsp3) is 0.190. The minimum atomic E-state index is -0.247. The van der Waals surface area contributed by atoms with E-state index in [0.717, 1.165) is 16.9 Å². The van der Waals surface area contributed by atoms with Crippen LogP contribution in [-0.2, 0) is 6.54 Å². The smallest absolute Gasteiger partial charge is 0.274 e. The molecular weight excluding hydrogens is 324 g/mol. The van der Waals surface area contributed by atoms with Crippen molar-refractivity contribution in [3.8, 4) is 0 Å². The molecule has 0 radical (unpaired) electrons. The van der Waals surface area contributed by atoms with Crippen molar-refractivity contribution in [2.75, 3.05) is 10.6 Å². The lowest BCUT2D eigenvalue weighted by atomic mass is 10.1. The number of aromatic nitrogens is 2. The molecule has 0 saturated carbocycles. The fourth-order valence-corrected chi connectivity index (χ4v) is 2.65. The van der Waals surface area contributed by atoms with Gasteiger partial charge < -0.3 is 10.6 Å². The van der Waals surface area contributed by atoms with Gasteiger partial charge in [-0.2, -0.15) is 0 Å². The van der Waals surface area contributed by atoms with Gasteiger partial charge in [-0.3, -0.25) is 4.79 Å². The molecule has 1 aromatic heterocycles. The molecule has 0 atom stereocenters. The molecule has 0 aliphatic heterocycles. The summed E-state index contributed by atoms with van der Waals surface area (Å²) in [6, 6.07) is 17.5. The van der Waals surface area contributed by atoms with Crippen LogP contribution in [-0.4, -0.2) is 15.9 Å². The van der Waals surface area contributed by atoms with Crippen LogP contribution < -0.4 is 10.6 Å². The van der Waals surface area contributed by atoms with E-state index in [2.05, 4.69) is 39.7 Å². The van der Waals surface area contributed by atoms with E-state index in [-0.39, 0.29) is 5.91 Å². The Bertz CT molecular complexity index is 937. The van der Waals surface area contributed by atoms with Gasteiger partial charge in [-0.1, -0.05) is 42.5 Å². The molecule has 2 N–H and O–H groups in total. The van der Waals surface area contributed by atoms with E-state index < -0.39 is 0 Å². The lowest BCUT2D eigenvalue weighted by Gasteiger charge is -2.11. The fourth-order valence-electron chi connectivity index (χ4n) is 2.65. The zero-order chi connectivity index (χ0) is 18.5. The number of hydrogen-bond acceptors (Lipinski definition) is 4. The first-order valence-corrected chi connectivity index (χ1v) is 8.54. The van der Waals surface area contributed by atoms with Crippen molar-refractivity contribution >= 4 is 17.5 Å². The zero-order valence-electron chi connectivity index (χ0n) is 15.2. The van der Waals surface area contributed by atoms with Crippen molar-refractivity contribution in [2.24, 2.45) is 0 Å². The van der Waals surface area contributed by atoms with Gasteiger partial charge in [-0.15, -0.1) is 0 Å². The van der Waals surface area contributed by atoms with E-state index in [1.807, 2.05) is 50.2 Å². The van der Waals surface area contributed by atoms with Crippen molar-refractivity contribution in [3.63, 3.8) is 0 Å². The van der Waals surface area contributed by atoms with Crippen molar-refractivity contribution in [1.29, 1.82) is 0 Å². The number of carbonyl (C=O) groups is 1. The van der Waals surface area contributed by atoms with Gasteiger partial charge in [0, 0.05) is 17.9 Å². The highest BCUT2D eigenvalue weighted by Crippen LogP contribution is 2.15. The van der Waals surface area contributed by atoms with Crippen LogP contribution in [0.2, 0.25) is 0 Å². The standard InChI is InChI=1S/C21H22N4O/c1-14-8-4-6-10-17(14)13-22-21-23-16(3)12-19(25-21)20(26)24-18-11-7-5-9-15(18)2/h4-12H,13H2,1-3H3,(H,24,26)(H,22,23,25). The quantitative estimate of drug-likeness (QED) is 0.724. The summed E-state index contributed by atoms with van der Waals surface area (Å²) in [4.78, 5) is 21.3.